The molecule has 152 valence electrons. The smallest absolute Gasteiger partial charge is 0.311 e. The fraction of sp³-hybridized carbons (Fsp3) is 0.476. The summed E-state index contributed by atoms with van der Waals surface area (Å²) >= 11 is 1.40. The predicted octanol–water partition coefficient (Wildman–Crippen LogP) is 4.79. The van der Waals surface area contributed by atoms with Crippen molar-refractivity contribution in [3.05, 3.63) is 46.5 Å². The average Bonchev–Trinajstić information content (AvgIpc) is 3.13. The molecule has 1 heterocycles. The Balaban J connectivity index is 1.82. The van der Waals surface area contributed by atoms with E-state index >= 15 is 0 Å². The quantitative estimate of drug-likeness (QED) is 0.225. The van der Waals surface area contributed by atoms with Gasteiger partial charge in [0, 0.05) is 17.6 Å². The van der Waals surface area contributed by atoms with Crippen LogP contribution in [-0.2, 0) is 27.3 Å². The normalized spacial score (nSPS) is 11.1. The van der Waals surface area contributed by atoms with Crippen molar-refractivity contribution < 1.29 is 14.3 Å². The number of anilines is 1. The second-order valence-corrected chi connectivity index (χ2v) is 7.17. The lowest BCUT2D eigenvalue weighted by Gasteiger charge is -2.07. The molecule has 2 rings (SSSR count). The highest BCUT2D eigenvalue weighted by molar-refractivity contribution is 7.13. The predicted molar refractivity (Wildman–Crippen MR) is 114 cm³/mol. The number of aromatic nitrogens is 1. The maximum absolute atomic E-state index is 11.5. The minimum Gasteiger partial charge on any atom is -0.466 e. The highest BCUT2D eigenvalue weighted by Crippen LogP contribution is 2.16. The van der Waals surface area contributed by atoms with Crippen molar-refractivity contribution in [1.82, 2.24) is 4.98 Å². The number of unbranched alkanes of at least 4 members (excludes halogenated alkanes) is 3. The lowest BCUT2D eigenvalue weighted by molar-refractivity contribution is -0.142. The molecule has 0 unspecified atom stereocenters. The average molecular weight is 404 g/mol. The summed E-state index contributed by atoms with van der Waals surface area (Å²) in [6.07, 6.45) is 6.75. The Morgan fingerprint density at radius 3 is 2.93 bits per heavy atom. The van der Waals surface area contributed by atoms with Gasteiger partial charge in [-0.3, -0.25) is 10.2 Å². The van der Waals surface area contributed by atoms with E-state index in [0.717, 1.165) is 24.2 Å². The minimum atomic E-state index is -0.272. The fourth-order valence-electron chi connectivity index (χ4n) is 2.56. The molecular formula is C21H29N3O3S. The SMILES string of the molecule is CCCCCCOCc1ccccc1C=NNc1nc(CC(=O)OCC)cs1. The third-order valence-corrected chi connectivity index (χ3v) is 4.80. The Hall–Kier alpha value is -2.25. The van der Waals surface area contributed by atoms with E-state index in [1.54, 1.807) is 13.1 Å². The number of esters is 1. The Labute approximate surface area is 171 Å². The van der Waals surface area contributed by atoms with Gasteiger partial charge in [0.2, 0.25) is 5.13 Å². The van der Waals surface area contributed by atoms with Gasteiger partial charge in [0.15, 0.2) is 0 Å². The molecule has 28 heavy (non-hydrogen) atoms. The lowest BCUT2D eigenvalue weighted by Crippen LogP contribution is -2.07. The van der Waals surface area contributed by atoms with Gasteiger partial charge in [-0.1, -0.05) is 50.5 Å². The minimum absolute atomic E-state index is 0.175. The molecule has 0 aliphatic carbocycles. The number of hydrogen-bond donors (Lipinski definition) is 1. The summed E-state index contributed by atoms with van der Waals surface area (Å²) in [5.74, 6) is -0.272. The van der Waals surface area contributed by atoms with Gasteiger partial charge in [-0.05, 0) is 18.9 Å². The molecule has 0 aliphatic heterocycles. The molecule has 0 saturated carbocycles. The Morgan fingerprint density at radius 2 is 2.11 bits per heavy atom. The molecule has 0 saturated heterocycles. The highest BCUT2D eigenvalue weighted by atomic mass is 32.1. The Bertz CT molecular complexity index is 746. The monoisotopic (exact) mass is 403 g/mol. The van der Waals surface area contributed by atoms with Gasteiger partial charge < -0.3 is 9.47 Å². The number of ether oxygens (including phenoxy) is 2. The highest BCUT2D eigenvalue weighted by Gasteiger charge is 2.08. The third-order valence-electron chi connectivity index (χ3n) is 4.00. The van der Waals surface area contributed by atoms with Gasteiger partial charge in [0.05, 0.1) is 31.5 Å². The molecule has 1 aromatic heterocycles. The second kappa shape index (κ2) is 13.0. The van der Waals surface area contributed by atoms with E-state index in [1.165, 1.54) is 30.6 Å². The summed E-state index contributed by atoms with van der Waals surface area (Å²) in [5.41, 5.74) is 5.71. The summed E-state index contributed by atoms with van der Waals surface area (Å²) in [6.45, 7) is 5.73. The van der Waals surface area contributed by atoms with Crippen molar-refractivity contribution in [3.8, 4) is 0 Å². The number of thiazole rings is 1. The fourth-order valence-corrected chi connectivity index (χ4v) is 3.22. The molecule has 0 spiro atoms. The number of carbonyl (C=O) groups is 1. The van der Waals surface area contributed by atoms with E-state index in [0.29, 0.717) is 24.0 Å². The van der Waals surface area contributed by atoms with E-state index in [2.05, 4.69) is 22.4 Å². The van der Waals surface area contributed by atoms with Crippen LogP contribution in [-0.4, -0.2) is 30.4 Å². The molecule has 7 heteroatoms. The van der Waals surface area contributed by atoms with Crippen molar-refractivity contribution in [3.63, 3.8) is 0 Å². The molecular weight excluding hydrogens is 374 g/mol. The molecule has 0 fully saturated rings. The van der Waals surface area contributed by atoms with Gasteiger partial charge in [0.25, 0.3) is 0 Å². The third kappa shape index (κ3) is 8.19. The van der Waals surface area contributed by atoms with Crippen LogP contribution in [0.15, 0.2) is 34.7 Å². The first-order valence-corrected chi connectivity index (χ1v) is 10.7. The molecule has 0 aliphatic rings. The summed E-state index contributed by atoms with van der Waals surface area (Å²) in [6, 6.07) is 8.04. The molecule has 6 nitrogen and oxygen atoms in total. The number of carbonyl (C=O) groups excluding carboxylic acids is 1. The van der Waals surface area contributed by atoms with Crippen LogP contribution in [0.1, 0.15) is 56.4 Å². The Morgan fingerprint density at radius 1 is 1.25 bits per heavy atom. The van der Waals surface area contributed by atoms with Gasteiger partial charge in [-0.2, -0.15) is 5.10 Å². The van der Waals surface area contributed by atoms with Crippen molar-refractivity contribution >= 4 is 28.7 Å². The summed E-state index contributed by atoms with van der Waals surface area (Å²) in [5, 5.41) is 6.74. The van der Waals surface area contributed by atoms with Crippen LogP contribution in [0.25, 0.3) is 0 Å². The van der Waals surface area contributed by atoms with Crippen LogP contribution in [0, 0.1) is 0 Å². The molecule has 0 radical (unpaired) electrons. The van der Waals surface area contributed by atoms with Gasteiger partial charge >= 0.3 is 5.97 Å². The summed E-state index contributed by atoms with van der Waals surface area (Å²) in [7, 11) is 0. The number of hydrogen-bond acceptors (Lipinski definition) is 7. The maximum Gasteiger partial charge on any atom is 0.311 e. The zero-order valence-electron chi connectivity index (χ0n) is 16.6. The number of nitrogens with zero attached hydrogens (tertiary/aromatic N) is 2. The van der Waals surface area contributed by atoms with Gasteiger partial charge in [0.1, 0.15) is 0 Å². The van der Waals surface area contributed by atoms with Gasteiger partial charge in [-0.25, -0.2) is 4.98 Å². The number of benzene rings is 1. The maximum atomic E-state index is 11.5. The Kier molecular flexibility index (Phi) is 10.2. The molecule has 1 N–H and O–H groups in total. The first-order chi connectivity index (χ1) is 13.7. The second-order valence-electron chi connectivity index (χ2n) is 6.31. The van der Waals surface area contributed by atoms with Crippen LogP contribution >= 0.6 is 11.3 Å². The van der Waals surface area contributed by atoms with Crippen LogP contribution in [0.3, 0.4) is 0 Å². The molecule has 1 aromatic carbocycles. The van der Waals surface area contributed by atoms with E-state index < -0.39 is 0 Å². The number of hydrazone groups is 1. The zero-order chi connectivity index (χ0) is 20.0. The summed E-state index contributed by atoms with van der Waals surface area (Å²) < 4.78 is 10.7. The standard InChI is InChI=1S/C21H29N3O3S/c1-3-5-6-9-12-26-15-18-11-8-7-10-17(18)14-22-24-21-23-19(16-28-21)13-20(25)27-4-2/h7-8,10-11,14,16H,3-6,9,12-13,15H2,1-2H3,(H,23,24). The van der Waals surface area contributed by atoms with Crippen molar-refractivity contribution in [2.24, 2.45) is 5.10 Å². The van der Waals surface area contributed by atoms with Crippen molar-refractivity contribution in [2.45, 2.75) is 52.6 Å². The molecule has 0 atom stereocenters. The van der Waals surface area contributed by atoms with Crippen LogP contribution < -0.4 is 5.43 Å². The number of nitrogens with one attached hydrogen (secondary N) is 1. The number of rotatable bonds is 13. The first-order valence-electron chi connectivity index (χ1n) is 9.77. The topological polar surface area (TPSA) is 72.8 Å². The van der Waals surface area contributed by atoms with E-state index in [1.807, 2.05) is 29.6 Å². The zero-order valence-corrected chi connectivity index (χ0v) is 17.5. The van der Waals surface area contributed by atoms with Crippen molar-refractivity contribution in [1.29, 1.82) is 0 Å². The van der Waals surface area contributed by atoms with Crippen LogP contribution in [0.4, 0.5) is 5.13 Å². The molecule has 0 bridgehead atoms. The van der Waals surface area contributed by atoms with E-state index in [9.17, 15) is 4.79 Å². The molecule has 2 aromatic rings. The van der Waals surface area contributed by atoms with Crippen LogP contribution in [0.2, 0.25) is 0 Å². The largest absolute Gasteiger partial charge is 0.466 e. The first kappa shape index (κ1) is 22.0. The van der Waals surface area contributed by atoms with E-state index in [4.69, 9.17) is 9.47 Å². The van der Waals surface area contributed by atoms with Gasteiger partial charge in [-0.15, -0.1) is 11.3 Å². The molecule has 0 amide bonds. The lowest BCUT2D eigenvalue weighted by atomic mass is 10.1. The van der Waals surface area contributed by atoms with E-state index in [-0.39, 0.29) is 12.4 Å². The van der Waals surface area contributed by atoms with Crippen LogP contribution in [0.5, 0.6) is 0 Å². The summed E-state index contributed by atoms with van der Waals surface area (Å²) in [4.78, 5) is 15.8. The van der Waals surface area contributed by atoms with Crippen molar-refractivity contribution in [2.75, 3.05) is 18.6 Å².